The van der Waals surface area contributed by atoms with Crippen molar-refractivity contribution in [1.29, 1.82) is 0 Å². The number of aliphatic hydroxyl groups is 1. The van der Waals surface area contributed by atoms with Crippen LogP contribution in [0, 0.1) is 13.8 Å². The number of thiazole rings is 1. The van der Waals surface area contributed by atoms with E-state index in [9.17, 15) is 0 Å². The summed E-state index contributed by atoms with van der Waals surface area (Å²) in [5, 5.41) is 11.1. The fourth-order valence-corrected chi connectivity index (χ4v) is 2.36. The molecule has 4 heteroatoms. The number of aliphatic hydroxyl groups excluding tert-OH is 1. The normalized spacial score (nSPS) is 10.5. The molecule has 0 saturated heterocycles. The Labute approximate surface area is 105 Å². The highest BCUT2D eigenvalue weighted by Gasteiger charge is 2.07. The highest BCUT2D eigenvalue weighted by atomic mass is 32.1. The Morgan fingerprint density at radius 2 is 2.00 bits per heavy atom. The molecular formula is C13H15NO2S. The molecule has 0 aliphatic heterocycles. The molecule has 17 heavy (non-hydrogen) atoms. The van der Waals surface area contributed by atoms with E-state index in [1.54, 1.807) is 16.8 Å². The number of aromatic nitrogens is 1. The van der Waals surface area contributed by atoms with Gasteiger partial charge in [0.05, 0.1) is 17.8 Å². The molecule has 0 atom stereocenters. The van der Waals surface area contributed by atoms with Crippen molar-refractivity contribution in [2.24, 2.45) is 0 Å². The van der Waals surface area contributed by atoms with Crippen LogP contribution < -0.4 is 4.74 Å². The summed E-state index contributed by atoms with van der Waals surface area (Å²) < 4.78 is 5.77. The van der Waals surface area contributed by atoms with Crippen LogP contribution in [-0.2, 0) is 13.2 Å². The Kier molecular flexibility index (Phi) is 3.76. The summed E-state index contributed by atoms with van der Waals surface area (Å²) in [6.07, 6.45) is 0. The molecule has 90 valence electrons. The minimum absolute atomic E-state index is 0.0635. The molecule has 0 spiro atoms. The first-order valence-electron chi connectivity index (χ1n) is 5.41. The molecule has 1 N–H and O–H groups in total. The van der Waals surface area contributed by atoms with Crippen LogP contribution in [0.5, 0.6) is 5.75 Å². The van der Waals surface area contributed by atoms with Crippen molar-refractivity contribution in [3.63, 3.8) is 0 Å². The monoisotopic (exact) mass is 249 g/mol. The van der Waals surface area contributed by atoms with Gasteiger partial charge in [0.1, 0.15) is 12.4 Å². The molecule has 2 aromatic rings. The van der Waals surface area contributed by atoms with Gasteiger partial charge in [0.2, 0.25) is 0 Å². The van der Waals surface area contributed by atoms with Crippen molar-refractivity contribution < 1.29 is 9.84 Å². The lowest BCUT2D eigenvalue weighted by molar-refractivity contribution is 0.279. The minimum Gasteiger partial charge on any atom is -0.487 e. The lowest BCUT2D eigenvalue weighted by atomic mass is 10.1. The zero-order valence-electron chi connectivity index (χ0n) is 9.93. The summed E-state index contributed by atoms with van der Waals surface area (Å²) in [4.78, 5) is 4.18. The first-order valence-corrected chi connectivity index (χ1v) is 6.36. The van der Waals surface area contributed by atoms with E-state index in [2.05, 4.69) is 4.98 Å². The van der Waals surface area contributed by atoms with E-state index in [1.165, 1.54) is 0 Å². The molecule has 0 bridgehead atoms. The van der Waals surface area contributed by atoms with E-state index in [0.717, 1.165) is 28.1 Å². The van der Waals surface area contributed by atoms with Crippen molar-refractivity contribution in [3.8, 4) is 5.75 Å². The first-order chi connectivity index (χ1) is 8.20. The van der Waals surface area contributed by atoms with Crippen LogP contribution in [-0.4, -0.2) is 10.1 Å². The van der Waals surface area contributed by atoms with Crippen molar-refractivity contribution in [3.05, 3.63) is 45.4 Å². The Morgan fingerprint density at radius 1 is 1.29 bits per heavy atom. The number of aryl methyl sites for hydroxylation is 2. The third kappa shape index (κ3) is 2.84. The molecule has 1 aromatic heterocycles. The van der Waals surface area contributed by atoms with Crippen molar-refractivity contribution in [2.75, 3.05) is 0 Å². The smallest absolute Gasteiger partial charge is 0.131 e. The zero-order chi connectivity index (χ0) is 12.3. The number of hydrogen-bond donors (Lipinski definition) is 1. The highest BCUT2D eigenvalue weighted by molar-refractivity contribution is 7.07. The Morgan fingerprint density at radius 3 is 2.53 bits per heavy atom. The quantitative estimate of drug-likeness (QED) is 0.906. The molecule has 0 aliphatic rings. The molecule has 2 rings (SSSR count). The highest BCUT2D eigenvalue weighted by Crippen LogP contribution is 2.25. The van der Waals surface area contributed by atoms with Gasteiger partial charge in [0.15, 0.2) is 0 Å². The standard InChI is InChI=1S/C13H15NO2S/c1-9-3-11(5-15)4-10(2)13(9)16-6-12-7-17-8-14-12/h3-4,7-8,15H,5-6H2,1-2H3. The van der Waals surface area contributed by atoms with Gasteiger partial charge in [-0.2, -0.15) is 0 Å². The predicted octanol–water partition coefficient (Wildman–Crippen LogP) is 2.83. The molecule has 0 fully saturated rings. The first kappa shape index (κ1) is 12.1. The average Bonchev–Trinajstić information content (AvgIpc) is 2.80. The van der Waals surface area contributed by atoms with E-state index in [1.807, 2.05) is 31.4 Å². The predicted molar refractivity (Wildman–Crippen MR) is 68.3 cm³/mol. The molecule has 0 unspecified atom stereocenters. The number of hydrogen-bond acceptors (Lipinski definition) is 4. The van der Waals surface area contributed by atoms with Gasteiger partial charge in [0, 0.05) is 5.38 Å². The fourth-order valence-electron chi connectivity index (χ4n) is 1.81. The number of rotatable bonds is 4. The summed E-state index contributed by atoms with van der Waals surface area (Å²) in [5.41, 5.74) is 5.75. The van der Waals surface area contributed by atoms with E-state index in [-0.39, 0.29) is 6.61 Å². The van der Waals surface area contributed by atoms with E-state index in [0.29, 0.717) is 6.61 Å². The van der Waals surface area contributed by atoms with Crippen LogP contribution in [0.4, 0.5) is 0 Å². The van der Waals surface area contributed by atoms with Crippen LogP contribution in [0.15, 0.2) is 23.0 Å². The largest absolute Gasteiger partial charge is 0.487 e. The third-order valence-corrected chi connectivity index (χ3v) is 3.19. The van der Waals surface area contributed by atoms with Crippen LogP contribution >= 0.6 is 11.3 Å². The fraction of sp³-hybridized carbons (Fsp3) is 0.308. The summed E-state index contributed by atoms with van der Waals surface area (Å²) >= 11 is 1.57. The summed E-state index contributed by atoms with van der Waals surface area (Å²) in [7, 11) is 0. The zero-order valence-corrected chi connectivity index (χ0v) is 10.8. The summed E-state index contributed by atoms with van der Waals surface area (Å²) in [5.74, 6) is 0.884. The second kappa shape index (κ2) is 5.29. The van der Waals surface area contributed by atoms with Gasteiger partial charge in [-0.1, -0.05) is 12.1 Å². The van der Waals surface area contributed by atoms with Crippen molar-refractivity contribution in [2.45, 2.75) is 27.1 Å². The number of nitrogens with zero attached hydrogens (tertiary/aromatic N) is 1. The van der Waals surface area contributed by atoms with Crippen molar-refractivity contribution >= 4 is 11.3 Å². The van der Waals surface area contributed by atoms with Gasteiger partial charge in [-0.15, -0.1) is 11.3 Å². The number of benzene rings is 1. The van der Waals surface area contributed by atoms with Crippen LogP contribution in [0.1, 0.15) is 22.4 Å². The van der Waals surface area contributed by atoms with E-state index in [4.69, 9.17) is 9.84 Å². The molecule has 1 aromatic carbocycles. The lowest BCUT2D eigenvalue weighted by Gasteiger charge is -2.12. The Bertz CT molecular complexity index is 471. The molecule has 1 heterocycles. The lowest BCUT2D eigenvalue weighted by Crippen LogP contribution is -2.00. The average molecular weight is 249 g/mol. The maximum Gasteiger partial charge on any atom is 0.131 e. The second-order valence-corrected chi connectivity index (χ2v) is 4.70. The van der Waals surface area contributed by atoms with Crippen molar-refractivity contribution in [1.82, 2.24) is 4.98 Å². The molecule has 0 amide bonds. The van der Waals surface area contributed by atoms with Crippen LogP contribution in [0.3, 0.4) is 0 Å². The van der Waals surface area contributed by atoms with Crippen LogP contribution in [0.25, 0.3) is 0 Å². The maximum absolute atomic E-state index is 9.11. The molecule has 0 saturated carbocycles. The topological polar surface area (TPSA) is 42.4 Å². The Balaban J connectivity index is 2.15. The van der Waals surface area contributed by atoms with Gasteiger partial charge in [0.25, 0.3) is 0 Å². The summed E-state index contributed by atoms with van der Waals surface area (Å²) in [6.45, 7) is 4.53. The van der Waals surface area contributed by atoms with Gasteiger partial charge in [-0.05, 0) is 30.5 Å². The SMILES string of the molecule is Cc1cc(CO)cc(C)c1OCc1cscn1. The van der Waals surface area contributed by atoms with Crippen LogP contribution in [0.2, 0.25) is 0 Å². The van der Waals surface area contributed by atoms with E-state index >= 15 is 0 Å². The van der Waals surface area contributed by atoms with E-state index < -0.39 is 0 Å². The molecule has 3 nitrogen and oxygen atoms in total. The summed E-state index contributed by atoms with van der Waals surface area (Å²) in [6, 6.07) is 3.90. The van der Waals surface area contributed by atoms with Gasteiger partial charge in [-0.3, -0.25) is 0 Å². The second-order valence-electron chi connectivity index (χ2n) is 3.99. The molecule has 0 aliphatic carbocycles. The molecular weight excluding hydrogens is 234 g/mol. The minimum atomic E-state index is 0.0635. The van der Waals surface area contributed by atoms with Gasteiger partial charge < -0.3 is 9.84 Å². The maximum atomic E-state index is 9.11. The van der Waals surface area contributed by atoms with Gasteiger partial charge >= 0.3 is 0 Å². The molecule has 0 radical (unpaired) electrons. The third-order valence-electron chi connectivity index (χ3n) is 2.55. The Hall–Kier alpha value is -1.39. The number of ether oxygens (including phenoxy) is 1. The van der Waals surface area contributed by atoms with Gasteiger partial charge in [-0.25, -0.2) is 4.98 Å².